The molecule has 4 rings (SSSR count). The maximum atomic E-state index is 12.7. The Hall–Kier alpha value is -2.13. The summed E-state index contributed by atoms with van der Waals surface area (Å²) in [4.78, 5) is 4.17. The SMILES string of the molecule is O=S(=O)(NC1CCC(n2cncn2)CC1)c1ccc2c(c1)OCCO2. The number of rotatable bonds is 4. The molecule has 0 bridgehead atoms. The molecule has 0 unspecified atom stereocenters. The zero-order valence-corrected chi connectivity index (χ0v) is 14.5. The monoisotopic (exact) mass is 364 g/mol. The standard InChI is InChI=1S/C16H20N4O4S/c21-25(22,14-5-6-15-16(9-14)24-8-7-23-15)19-12-1-3-13(4-2-12)20-11-17-10-18-20/h5-6,9-13,19H,1-4,7-8H2. The van der Waals surface area contributed by atoms with Crippen molar-refractivity contribution in [3.8, 4) is 11.5 Å². The smallest absolute Gasteiger partial charge is 0.240 e. The summed E-state index contributed by atoms with van der Waals surface area (Å²) in [5.74, 6) is 1.06. The Morgan fingerprint density at radius 1 is 1.08 bits per heavy atom. The summed E-state index contributed by atoms with van der Waals surface area (Å²) >= 11 is 0. The van der Waals surface area contributed by atoms with E-state index in [-0.39, 0.29) is 17.0 Å². The van der Waals surface area contributed by atoms with E-state index >= 15 is 0 Å². The van der Waals surface area contributed by atoms with Gasteiger partial charge in [0.15, 0.2) is 11.5 Å². The molecule has 1 aromatic carbocycles. The van der Waals surface area contributed by atoms with Crippen molar-refractivity contribution in [3.05, 3.63) is 30.9 Å². The minimum absolute atomic E-state index is 0.0713. The first-order valence-corrected chi connectivity index (χ1v) is 9.86. The number of hydrogen-bond acceptors (Lipinski definition) is 6. The number of benzene rings is 1. The molecule has 2 aliphatic rings. The van der Waals surface area contributed by atoms with Gasteiger partial charge in [0.25, 0.3) is 0 Å². The third-order valence-electron chi connectivity index (χ3n) is 4.65. The molecule has 2 aromatic rings. The molecule has 0 spiro atoms. The van der Waals surface area contributed by atoms with Crippen LogP contribution in [0, 0.1) is 0 Å². The fraction of sp³-hybridized carbons (Fsp3) is 0.500. The van der Waals surface area contributed by atoms with Gasteiger partial charge in [-0.05, 0) is 37.8 Å². The summed E-state index contributed by atoms with van der Waals surface area (Å²) in [5.41, 5.74) is 0. The molecule has 1 saturated carbocycles. The van der Waals surface area contributed by atoms with Crippen LogP contribution < -0.4 is 14.2 Å². The summed E-state index contributed by atoms with van der Waals surface area (Å²) < 4.78 is 40.9. The largest absolute Gasteiger partial charge is 0.486 e. The lowest BCUT2D eigenvalue weighted by molar-refractivity contribution is 0.171. The first-order valence-electron chi connectivity index (χ1n) is 8.38. The van der Waals surface area contributed by atoms with Crippen LogP contribution in [0.1, 0.15) is 31.7 Å². The number of ether oxygens (including phenoxy) is 2. The minimum Gasteiger partial charge on any atom is -0.486 e. The van der Waals surface area contributed by atoms with Crippen molar-refractivity contribution in [2.45, 2.75) is 42.7 Å². The summed E-state index contributed by atoms with van der Waals surface area (Å²) in [6.45, 7) is 0.905. The lowest BCUT2D eigenvalue weighted by atomic mass is 9.92. The second-order valence-electron chi connectivity index (χ2n) is 6.31. The molecule has 1 aliphatic heterocycles. The Bertz CT molecular complexity index is 830. The summed E-state index contributed by atoms with van der Waals surface area (Å²) in [6.07, 6.45) is 6.53. The van der Waals surface area contributed by atoms with Crippen molar-refractivity contribution < 1.29 is 17.9 Å². The topological polar surface area (TPSA) is 95.3 Å². The van der Waals surface area contributed by atoms with Crippen LogP contribution >= 0.6 is 0 Å². The van der Waals surface area contributed by atoms with E-state index in [4.69, 9.17) is 9.47 Å². The highest BCUT2D eigenvalue weighted by Gasteiger charge is 2.27. The highest BCUT2D eigenvalue weighted by atomic mass is 32.2. The molecule has 25 heavy (non-hydrogen) atoms. The lowest BCUT2D eigenvalue weighted by Gasteiger charge is -2.29. The molecular formula is C16H20N4O4S. The Morgan fingerprint density at radius 3 is 2.56 bits per heavy atom. The zero-order valence-electron chi connectivity index (χ0n) is 13.7. The van der Waals surface area contributed by atoms with Gasteiger partial charge in [0.1, 0.15) is 25.9 Å². The van der Waals surface area contributed by atoms with Gasteiger partial charge in [-0.3, -0.25) is 0 Å². The number of nitrogens with one attached hydrogen (secondary N) is 1. The highest BCUT2D eigenvalue weighted by molar-refractivity contribution is 7.89. The minimum atomic E-state index is -3.58. The van der Waals surface area contributed by atoms with Crippen molar-refractivity contribution in [3.63, 3.8) is 0 Å². The second kappa shape index (κ2) is 6.64. The zero-order chi connectivity index (χ0) is 17.3. The Labute approximate surface area is 146 Å². The van der Waals surface area contributed by atoms with Gasteiger partial charge < -0.3 is 9.47 Å². The Kier molecular flexibility index (Phi) is 4.34. The van der Waals surface area contributed by atoms with E-state index in [1.807, 2.05) is 4.68 Å². The fourth-order valence-electron chi connectivity index (χ4n) is 3.34. The van der Waals surface area contributed by atoms with Crippen LogP contribution in [-0.4, -0.2) is 42.4 Å². The van der Waals surface area contributed by atoms with E-state index in [2.05, 4.69) is 14.8 Å². The molecule has 8 nitrogen and oxygen atoms in total. The quantitative estimate of drug-likeness (QED) is 0.884. The predicted molar refractivity (Wildman–Crippen MR) is 89.1 cm³/mol. The van der Waals surface area contributed by atoms with Crippen LogP contribution in [0.3, 0.4) is 0 Å². The molecule has 1 aliphatic carbocycles. The maximum absolute atomic E-state index is 12.7. The highest BCUT2D eigenvalue weighted by Crippen LogP contribution is 2.33. The molecule has 1 fully saturated rings. The van der Waals surface area contributed by atoms with Gasteiger partial charge in [-0.15, -0.1) is 0 Å². The molecular weight excluding hydrogens is 344 g/mol. The summed E-state index contributed by atoms with van der Waals surface area (Å²) in [5, 5.41) is 4.17. The van der Waals surface area contributed by atoms with Gasteiger partial charge in [0.2, 0.25) is 10.0 Å². The van der Waals surface area contributed by atoms with Gasteiger partial charge in [-0.25, -0.2) is 22.8 Å². The number of fused-ring (bicyclic) bond motifs is 1. The average molecular weight is 364 g/mol. The second-order valence-corrected chi connectivity index (χ2v) is 8.02. The molecule has 134 valence electrons. The van der Waals surface area contributed by atoms with E-state index in [9.17, 15) is 8.42 Å². The van der Waals surface area contributed by atoms with Crippen molar-refractivity contribution in [2.75, 3.05) is 13.2 Å². The third kappa shape index (κ3) is 3.47. The number of sulfonamides is 1. The molecule has 1 N–H and O–H groups in total. The average Bonchev–Trinajstić information content (AvgIpc) is 3.16. The van der Waals surface area contributed by atoms with Gasteiger partial charge in [-0.1, -0.05) is 0 Å². The van der Waals surface area contributed by atoms with Crippen molar-refractivity contribution in [1.82, 2.24) is 19.5 Å². The van der Waals surface area contributed by atoms with Crippen LogP contribution in [0.25, 0.3) is 0 Å². The van der Waals surface area contributed by atoms with E-state index < -0.39 is 10.0 Å². The van der Waals surface area contributed by atoms with Crippen LogP contribution in [0.4, 0.5) is 0 Å². The molecule has 0 atom stereocenters. The van der Waals surface area contributed by atoms with E-state index in [0.717, 1.165) is 25.7 Å². The first-order chi connectivity index (χ1) is 12.1. The maximum Gasteiger partial charge on any atom is 0.240 e. The van der Waals surface area contributed by atoms with Crippen molar-refractivity contribution >= 4 is 10.0 Å². The Morgan fingerprint density at radius 2 is 1.84 bits per heavy atom. The van der Waals surface area contributed by atoms with Gasteiger partial charge >= 0.3 is 0 Å². The summed E-state index contributed by atoms with van der Waals surface area (Å²) in [7, 11) is -3.58. The van der Waals surface area contributed by atoms with Crippen molar-refractivity contribution in [1.29, 1.82) is 0 Å². The summed E-state index contributed by atoms with van der Waals surface area (Å²) in [6, 6.07) is 4.94. The predicted octanol–water partition coefficient (Wildman–Crippen LogP) is 1.51. The molecule has 0 amide bonds. The van der Waals surface area contributed by atoms with E-state index in [0.29, 0.717) is 24.7 Å². The van der Waals surface area contributed by atoms with E-state index in [1.165, 1.54) is 12.4 Å². The van der Waals surface area contributed by atoms with Crippen molar-refractivity contribution in [2.24, 2.45) is 0 Å². The first kappa shape index (κ1) is 16.3. The fourth-order valence-corrected chi connectivity index (χ4v) is 4.66. The normalized spacial score (nSPS) is 23.4. The molecule has 0 radical (unpaired) electrons. The van der Waals surface area contributed by atoms with E-state index in [1.54, 1.807) is 18.5 Å². The van der Waals surface area contributed by atoms with Crippen LogP contribution in [0.2, 0.25) is 0 Å². The molecule has 9 heteroatoms. The lowest BCUT2D eigenvalue weighted by Crippen LogP contribution is -2.38. The Balaban J connectivity index is 1.42. The van der Waals surface area contributed by atoms with Gasteiger partial charge in [0.05, 0.1) is 10.9 Å². The number of aromatic nitrogens is 3. The van der Waals surface area contributed by atoms with Gasteiger partial charge in [0, 0.05) is 12.1 Å². The van der Waals surface area contributed by atoms with Crippen LogP contribution in [-0.2, 0) is 10.0 Å². The third-order valence-corrected chi connectivity index (χ3v) is 6.17. The molecule has 1 aromatic heterocycles. The van der Waals surface area contributed by atoms with Crippen LogP contribution in [0.15, 0.2) is 35.7 Å². The van der Waals surface area contributed by atoms with Gasteiger partial charge in [-0.2, -0.15) is 5.10 Å². The number of nitrogens with zero attached hydrogens (tertiary/aromatic N) is 3. The van der Waals surface area contributed by atoms with Crippen LogP contribution in [0.5, 0.6) is 11.5 Å². The molecule has 2 heterocycles. The molecule has 0 saturated heterocycles. The number of hydrogen-bond donors (Lipinski definition) is 1.